The molecule has 1 saturated heterocycles. The molecule has 1 unspecified atom stereocenters. The first-order valence-electron chi connectivity index (χ1n) is 6.61. The van der Waals surface area contributed by atoms with E-state index >= 15 is 0 Å². The number of aryl methyl sites for hydroxylation is 1. The molecule has 1 amide bonds. The Morgan fingerprint density at radius 3 is 2.80 bits per heavy atom. The van der Waals surface area contributed by atoms with Gasteiger partial charge in [-0.15, -0.1) is 0 Å². The predicted molar refractivity (Wildman–Crippen MR) is 81.4 cm³/mol. The minimum absolute atomic E-state index is 0.0390. The SMILES string of the molecule is Cc1nc2ccccc2n1CCN1C(=O)C(C)NC1=S. The Kier molecular flexibility index (Phi) is 3.17. The molecule has 1 aliphatic rings. The van der Waals surface area contributed by atoms with E-state index in [2.05, 4.69) is 14.9 Å². The number of para-hydroxylation sites is 2. The normalized spacial score (nSPS) is 18.9. The van der Waals surface area contributed by atoms with Crippen molar-refractivity contribution in [1.82, 2.24) is 19.8 Å². The molecule has 0 bridgehead atoms. The Labute approximate surface area is 122 Å². The van der Waals surface area contributed by atoms with Crippen molar-refractivity contribution in [3.05, 3.63) is 30.1 Å². The lowest BCUT2D eigenvalue weighted by atomic mass is 10.3. The highest BCUT2D eigenvalue weighted by Gasteiger charge is 2.31. The molecule has 104 valence electrons. The maximum Gasteiger partial charge on any atom is 0.251 e. The average Bonchev–Trinajstić information content (AvgIpc) is 2.86. The summed E-state index contributed by atoms with van der Waals surface area (Å²) in [5.74, 6) is 0.988. The van der Waals surface area contributed by atoms with E-state index in [9.17, 15) is 4.79 Å². The summed E-state index contributed by atoms with van der Waals surface area (Å²) in [7, 11) is 0. The van der Waals surface area contributed by atoms with Crippen molar-refractivity contribution in [3.8, 4) is 0 Å². The zero-order valence-corrected chi connectivity index (χ0v) is 12.3. The maximum absolute atomic E-state index is 12.0. The Morgan fingerprint density at radius 1 is 1.35 bits per heavy atom. The summed E-state index contributed by atoms with van der Waals surface area (Å²) < 4.78 is 2.12. The van der Waals surface area contributed by atoms with Gasteiger partial charge in [0.1, 0.15) is 11.9 Å². The average molecular weight is 288 g/mol. The molecular formula is C14H16N4OS. The number of rotatable bonds is 3. The first-order valence-corrected chi connectivity index (χ1v) is 7.02. The third-order valence-corrected chi connectivity index (χ3v) is 3.95. The molecule has 2 aromatic rings. The van der Waals surface area contributed by atoms with Crippen LogP contribution in [0.3, 0.4) is 0 Å². The van der Waals surface area contributed by atoms with E-state index in [1.54, 1.807) is 4.90 Å². The van der Waals surface area contributed by atoms with Crippen LogP contribution in [-0.2, 0) is 11.3 Å². The molecule has 1 aromatic carbocycles. The largest absolute Gasteiger partial charge is 0.351 e. The standard InChI is InChI=1S/C14H16N4OS/c1-9-13(19)18(14(20)15-9)8-7-17-10(2)16-11-5-3-4-6-12(11)17/h3-6,9H,7-8H2,1-2H3,(H,15,20). The van der Waals surface area contributed by atoms with Gasteiger partial charge in [-0.1, -0.05) is 12.1 Å². The van der Waals surface area contributed by atoms with Gasteiger partial charge in [-0.05, 0) is 38.2 Å². The summed E-state index contributed by atoms with van der Waals surface area (Å²) in [6.45, 7) is 5.06. The number of benzene rings is 1. The van der Waals surface area contributed by atoms with Gasteiger partial charge in [0.15, 0.2) is 5.11 Å². The number of nitrogens with zero attached hydrogens (tertiary/aromatic N) is 3. The van der Waals surface area contributed by atoms with Crippen molar-refractivity contribution in [2.75, 3.05) is 6.54 Å². The zero-order chi connectivity index (χ0) is 14.3. The number of carbonyl (C=O) groups is 1. The minimum atomic E-state index is -0.219. The second-order valence-electron chi connectivity index (χ2n) is 4.96. The molecule has 1 aromatic heterocycles. The fourth-order valence-electron chi connectivity index (χ4n) is 2.55. The van der Waals surface area contributed by atoms with Gasteiger partial charge in [0.05, 0.1) is 11.0 Å². The van der Waals surface area contributed by atoms with E-state index in [1.807, 2.05) is 38.1 Å². The molecule has 1 N–H and O–H groups in total. The molecular weight excluding hydrogens is 272 g/mol. The van der Waals surface area contributed by atoms with E-state index < -0.39 is 0 Å². The Hall–Kier alpha value is -1.95. The van der Waals surface area contributed by atoms with Crippen LogP contribution in [0.1, 0.15) is 12.7 Å². The van der Waals surface area contributed by atoms with Crippen molar-refractivity contribution < 1.29 is 4.79 Å². The van der Waals surface area contributed by atoms with Gasteiger partial charge >= 0.3 is 0 Å². The monoisotopic (exact) mass is 288 g/mol. The topological polar surface area (TPSA) is 50.2 Å². The highest BCUT2D eigenvalue weighted by atomic mass is 32.1. The van der Waals surface area contributed by atoms with Crippen LogP contribution in [-0.4, -0.2) is 38.1 Å². The summed E-state index contributed by atoms with van der Waals surface area (Å²) in [6.07, 6.45) is 0. The van der Waals surface area contributed by atoms with Gasteiger partial charge in [0.25, 0.3) is 5.91 Å². The molecule has 0 aliphatic carbocycles. The number of hydrogen-bond donors (Lipinski definition) is 1. The smallest absolute Gasteiger partial charge is 0.251 e. The van der Waals surface area contributed by atoms with Crippen LogP contribution >= 0.6 is 12.2 Å². The van der Waals surface area contributed by atoms with E-state index in [0.717, 1.165) is 16.9 Å². The molecule has 2 heterocycles. The molecule has 0 spiro atoms. The van der Waals surface area contributed by atoms with Crippen LogP contribution in [0.15, 0.2) is 24.3 Å². The van der Waals surface area contributed by atoms with Crippen molar-refractivity contribution in [2.24, 2.45) is 0 Å². The molecule has 6 heteroatoms. The first kappa shape index (κ1) is 13.1. The van der Waals surface area contributed by atoms with E-state index in [0.29, 0.717) is 18.2 Å². The molecule has 1 atom stereocenters. The lowest BCUT2D eigenvalue weighted by Crippen LogP contribution is -2.34. The van der Waals surface area contributed by atoms with Crippen LogP contribution < -0.4 is 5.32 Å². The highest BCUT2D eigenvalue weighted by molar-refractivity contribution is 7.80. The highest BCUT2D eigenvalue weighted by Crippen LogP contribution is 2.16. The fourth-order valence-corrected chi connectivity index (χ4v) is 2.91. The minimum Gasteiger partial charge on any atom is -0.351 e. The Bertz CT molecular complexity index is 694. The quantitative estimate of drug-likeness (QED) is 0.869. The maximum atomic E-state index is 12.0. The van der Waals surface area contributed by atoms with Crippen LogP contribution in [0.2, 0.25) is 0 Å². The summed E-state index contributed by atoms with van der Waals surface area (Å²) in [6, 6.07) is 7.79. The number of fused-ring (bicyclic) bond motifs is 1. The van der Waals surface area contributed by atoms with Crippen molar-refractivity contribution in [1.29, 1.82) is 0 Å². The Balaban J connectivity index is 1.82. The number of carbonyl (C=O) groups excluding carboxylic acids is 1. The van der Waals surface area contributed by atoms with Gasteiger partial charge in [0.2, 0.25) is 0 Å². The number of imidazole rings is 1. The fraction of sp³-hybridized carbons (Fsp3) is 0.357. The van der Waals surface area contributed by atoms with E-state index in [1.165, 1.54) is 0 Å². The number of aromatic nitrogens is 2. The van der Waals surface area contributed by atoms with Crippen LogP contribution in [0.25, 0.3) is 11.0 Å². The summed E-state index contributed by atoms with van der Waals surface area (Å²) in [4.78, 5) is 18.1. The van der Waals surface area contributed by atoms with Gasteiger partial charge in [-0.25, -0.2) is 4.98 Å². The predicted octanol–water partition coefficient (Wildman–Crippen LogP) is 1.45. The van der Waals surface area contributed by atoms with Gasteiger partial charge < -0.3 is 9.88 Å². The molecule has 1 fully saturated rings. The third kappa shape index (κ3) is 2.06. The number of hydrogen-bond acceptors (Lipinski definition) is 3. The number of nitrogens with one attached hydrogen (secondary N) is 1. The van der Waals surface area contributed by atoms with E-state index in [4.69, 9.17) is 12.2 Å². The van der Waals surface area contributed by atoms with Crippen molar-refractivity contribution in [3.63, 3.8) is 0 Å². The summed E-state index contributed by atoms with van der Waals surface area (Å²) in [5, 5.41) is 3.50. The first-order chi connectivity index (χ1) is 9.58. The molecule has 20 heavy (non-hydrogen) atoms. The third-order valence-electron chi connectivity index (χ3n) is 3.61. The van der Waals surface area contributed by atoms with Crippen LogP contribution in [0.4, 0.5) is 0 Å². The van der Waals surface area contributed by atoms with Crippen molar-refractivity contribution in [2.45, 2.75) is 26.4 Å². The summed E-state index contributed by atoms with van der Waals surface area (Å²) in [5.41, 5.74) is 2.07. The van der Waals surface area contributed by atoms with Crippen molar-refractivity contribution >= 4 is 34.3 Å². The lowest BCUT2D eigenvalue weighted by molar-refractivity contribution is -0.126. The zero-order valence-electron chi connectivity index (χ0n) is 11.5. The van der Waals surface area contributed by atoms with Gasteiger partial charge in [0, 0.05) is 13.1 Å². The molecule has 0 saturated carbocycles. The van der Waals surface area contributed by atoms with Crippen LogP contribution in [0, 0.1) is 6.92 Å². The summed E-state index contributed by atoms with van der Waals surface area (Å²) >= 11 is 5.19. The van der Waals surface area contributed by atoms with Crippen LogP contribution in [0.5, 0.6) is 0 Å². The molecule has 3 rings (SSSR count). The number of amides is 1. The molecule has 0 radical (unpaired) electrons. The van der Waals surface area contributed by atoms with E-state index in [-0.39, 0.29) is 11.9 Å². The lowest BCUT2D eigenvalue weighted by Gasteiger charge is -2.16. The number of thiocarbonyl (C=S) groups is 1. The second kappa shape index (κ2) is 4.86. The molecule has 5 nitrogen and oxygen atoms in total. The Morgan fingerprint density at radius 2 is 2.10 bits per heavy atom. The molecule has 1 aliphatic heterocycles. The van der Waals surface area contributed by atoms with Gasteiger partial charge in [-0.3, -0.25) is 9.69 Å². The second-order valence-corrected chi connectivity index (χ2v) is 5.35. The van der Waals surface area contributed by atoms with Gasteiger partial charge in [-0.2, -0.15) is 0 Å².